The minimum absolute atomic E-state index is 0. The van der Waals surface area contributed by atoms with Gasteiger partial charge in [0.05, 0.1) is 26.2 Å². The molecule has 0 aromatic carbocycles. The van der Waals surface area contributed by atoms with Gasteiger partial charge in [-0.05, 0) is 32.1 Å². The van der Waals surface area contributed by atoms with E-state index in [4.69, 9.17) is 0 Å². The number of rotatable bonds is 19. The number of quaternary nitrogens is 1. The molecule has 0 heterocycles. The van der Waals surface area contributed by atoms with Crippen LogP contribution in [-0.2, 0) is 0 Å². The van der Waals surface area contributed by atoms with Crippen LogP contribution in [0.4, 0.5) is 0 Å². The summed E-state index contributed by atoms with van der Waals surface area (Å²) in [5, 5.41) is 0. The Morgan fingerprint density at radius 1 is 0.360 bits per heavy atom. The fourth-order valence-electron chi connectivity index (χ4n) is 3.91. The van der Waals surface area contributed by atoms with Crippen molar-refractivity contribution >= 4 is 0 Å². The predicted molar refractivity (Wildman–Crippen MR) is 112 cm³/mol. The maximum atomic E-state index is 2.35. The second-order valence-corrected chi connectivity index (χ2v) is 8.13. The van der Waals surface area contributed by atoms with E-state index in [-0.39, 0.29) is 17.0 Å². The fourth-order valence-corrected chi connectivity index (χ4v) is 3.91. The normalized spacial score (nSPS) is 11.5. The van der Waals surface area contributed by atoms with Crippen LogP contribution in [0, 0.1) is 0 Å². The van der Waals surface area contributed by atoms with Gasteiger partial charge in [-0.15, -0.1) is 0 Å². The van der Waals surface area contributed by atoms with Gasteiger partial charge in [0.2, 0.25) is 0 Å². The molecule has 0 atom stereocenters. The Morgan fingerprint density at radius 2 is 0.640 bits per heavy atom. The van der Waals surface area contributed by atoms with Gasteiger partial charge in [0.1, 0.15) is 0 Å². The smallest absolute Gasteiger partial charge is 0.0786 e. The Bertz CT molecular complexity index is 220. The van der Waals surface area contributed by atoms with Crippen LogP contribution in [0.15, 0.2) is 0 Å². The Kier molecular flexibility index (Phi) is 23.0. The molecule has 25 heavy (non-hydrogen) atoms. The number of hydrogen-bond donors (Lipinski definition) is 0. The third kappa shape index (κ3) is 16.3. The van der Waals surface area contributed by atoms with Gasteiger partial charge in [0.15, 0.2) is 0 Å². The number of unbranched alkanes of at least 4 members (excludes halogenated alkanes) is 11. The van der Waals surface area contributed by atoms with Crippen LogP contribution in [0.5, 0.6) is 0 Å². The highest BCUT2D eigenvalue weighted by Crippen LogP contribution is 2.18. The topological polar surface area (TPSA) is 0 Å². The average Bonchev–Trinajstić information content (AvgIpc) is 2.61. The van der Waals surface area contributed by atoms with Crippen molar-refractivity contribution in [3.63, 3.8) is 0 Å². The van der Waals surface area contributed by atoms with Crippen molar-refractivity contribution in [1.29, 1.82) is 0 Å². The van der Waals surface area contributed by atoms with Gasteiger partial charge >= 0.3 is 0 Å². The molecule has 0 unspecified atom stereocenters. The summed E-state index contributed by atoms with van der Waals surface area (Å²) in [5.41, 5.74) is 0. The summed E-state index contributed by atoms with van der Waals surface area (Å²) in [6.45, 7) is 15.1. The molecule has 0 saturated carbocycles. The van der Waals surface area contributed by atoms with Crippen molar-refractivity contribution in [2.24, 2.45) is 0 Å². The highest BCUT2D eigenvalue weighted by atomic mass is 79.9. The van der Waals surface area contributed by atoms with E-state index >= 15 is 0 Å². The lowest BCUT2D eigenvalue weighted by atomic mass is 10.1. The number of nitrogens with zero attached hydrogens (tertiary/aromatic N) is 1. The van der Waals surface area contributed by atoms with Gasteiger partial charge in [-0.2, -0.15) is 0 Å². The minimum atomic E-state index is 0. The molecular formula is C23H50BrN. The largest absolute Gasteiger partial charge is 1.00 e. The molecule has 0 spiro atoms. The first-order valence-corrected chi connectivity index (χ1v) is 11.6. The van der Waals surface area contributed by atoms with Crippen LogP contribution in [0.25, 0.3) is 0 Å². The molecular weight excluding hydrogens is 370 g/mol. The van der Waals surface area contributed by atoms with Crippen LogP contribution >= 0.6 is 0 Å². The molecule has 1 nitrogen and oxygen atoms in total. The molecule has 154 valence electrons. The first-order valence-electron chi connectivity index (χ1n) is 11.6. The molecule has 0 aliphatic rings. The van der Waals surface area contributed by atoms with E-state index in [1.807, 2.05) is 0 Å². The Morgan fingerprint density at radius 3 is 1.00 bits per heavy atom. The monoisotopic (exact) mass is 419 g/mol. The number of halogens is 1. The van der Waals surface area contributed by atoms with Crippen LogP contribution in [0.2, 0.25) is 0 Å². The van der Waals surface area contributed by atoms with Gasteiger partial charge in [-0.25, -0.2) is 0 Å². The summed E-state index contributed by atoms with van der Waals surface area (Å²) < 4.78 is 1.44. The summed E-state index contributed by atoms with van der Waals surface area (Å²) in [5.74, 6) is 0. The molecule has 0 rings (SSSR count). The zero-order valence-electron chi connectivity index (χ0n) is 18.3. The van der Waals surface area contributed by atoms with E-state index in [1.165, 1.54) is 127 Å². The van der Waals surface area contributed by atoms with Crippen LogP contribution in [0.1, 0.15) is 124 Å². The second-order valence-electron chi connectivity index (χ2n) is 8.13. The highest BCUT2D eigenvalue weighted by Gasteiger charge is 2.24. The fraction of sp³-hybridized carbons (Fsp3) is 1.00. The molecule has 0 aliphatic heterocycles. The van der Waals surface area contributed by atoms with Crippen LogP contribution in [-0.4, -0.2) is 30.7 Å². The first-order chi connectivity index (χ1) is 11.7. The highest BCUT2D eigenvalue weighted by molar-refractivity contribution is 4.52. The quantitative estimate of drug-likeness (QED) is 0.209. The summed E-state index contributed by atoms with van der Waals surface area (Å²) in [6.07, 6.45) is 21.4. The molecule has 2 heteroatoms. The van der Waals surface area contributed by atoms with Crippen molar-refractivity contribution < 1.29 is 21.5 Å². The van der Waals surface area contributed by atoms with E-state index < -0.39 is 0 Å². The van der Waals surface area contributed by atoms with Gasteiger partial charge in [0.25, 0.3) is 0 Å². The maximum Gasteiger partial charge on any atom is 0.0786 e. The molecule has 0 radical (unpaired) electrons. The summed E-state index contributed by atoms with van der Waals surface area (Å²) in [7, 11) is 0. The van der Waals surface area contributed by atoms with Gasteiger partial charge in [0, 0.05) is 0 Å². The van der Waals surface area contributed by atoms with Crippen LogP contribution < -0.4 is 17.0 Å². The lowest BCUT2D eigenvalue weighted by molar-refractivity contribution is -0.929. The maximum absolute atomic E-state index is 2.35. The van der Waals surface area contributed by atoms with Gasteiger partial charge < -0.3 is 21.5 Å². The Balaban J connectivity index is 0. The zero-order valence-corrected chi connectivity index (χ0v) is 19.8. The van der Waals surface area contributed by atoms with Crippen LogP contribution in [0.3, 0.4) is 0 Å². The van der Waals surface area contributed by atoms with E-state index in [1.54, 1.807) is 0 Å². The van der Waals surface area contributed by atoms with Crippen molar-refractivity contribution in [1.82, 2.24) is 0 Å². The standard InChI is InChI=1S/C23H50N.BrH/c1-5-9-13-14-15-16-17-18-19-23-24(20-10-6-2,21-11-7-3)22-12-8-4;/h5-23H2,1-4H3;1H/q+1;/p-1. The number of hydrogen-bond acceptors (Lipinski definition) is 0. The van der Waals surface area contributed by atoms with Gasteiger partial charge in [-0.3, -0.25) is 0 Å². The lowest BCUT2D eigenvalue weighted by Crippen LogP contribution is -3.00. The Labute approximate surface area is 171 Å². The minimum Gasteiger partial charge on any atom is -1.00 e. The summed E-state index contributed by atoms with van der Waals surface area (Å²) >= 11 is 0. The van der Waals surface area contributed by atoms with E-state index in [2.05, 4.69) is 27.7 Å². The second kappa shape index (κ2) is 20.7. The molecule has 0 aromatic heterocycles. The van der Waals surface area contributed by atoms with Crippen molar-refractivity contribution in [2.75, 3.05) is 26.2 Å². The lowest BCUT2D eigenvalue weighted by Gasteiger charge is -2.39. The van der Waals surface area contributed by atoms with E-state index in [9.17, 15) is 0 Å². The molecule has 0 fully saturated rings. The van der Waals surface area contributed by atoms with Crippen molar-refractivity contribution in [2.45, 2.75) is 124 Å². The van der Waals surface area contributed by atoms with Gasteiger partial charge in [-0.1, -0.05) is 91.9 Å². The van der Waals surface area contributed by atoms with Crippen molar-refractivity contribution in [3.8, 4) is 0 Å². The molecule has 0 saturated heterocycles. The molecule has 0 aliphatic carbocycles. The van der Waals surface area contributed by atoms with E-state index in [0.717, 1.165) is 0 Å². The molecule has 0 amide bonds. The summed E-state index contributed by atoms with van der Waals surface area (Å²) in [4.78, 5) is 0. The third-order valence-electron chi connectivity index (χ3n) is 5.69. The van der Waals surface area contributed by atoms with E-state index in [0.29, 0.717) is 0 Å². The molecule has 0 aromatic rings. The molecule has 0 bridgehead atoms. The molecule has 0 N–H and O–H groups in total. The Hall–Kier alpha value is 0.440. The first kappa shape index (κ1) is 27.7. The third-order valence-corrected chi connectivity index (χ3v) is 5.69. The van der Waals surface area contributed by atoms with Crippen molar-refractivity contribution in [3.05, 3.63) is 0 Å². The summed E-state index contributed by atoms with van der Waals surface area (Å²) in [6, 6.07) is 0. The predicted octanol–water partition coefficient (Wildman–Crippen LogP) is 4.74. The average molecular weight is 421 g/mol. The zero-order chi connectivity index (χ0) is 17.9. The SMILES string of the molecule is CCCCCCCCCCC[N+](CCCC)(CCCC)CCCC.[Br-].